The first-order valence-corrected chi connectivity index (χ1v) is 6.42. The molecule has 0 unspecified atom stereocenters. The fraction of sp³-hybridized carbons (Fsp3) is 0.0588. The molecule has 0 aliphatic carbocycles. The average molecular weight is 264 g/mol. The van der Waals surface area contributed by atoms with Crippen molar-refractivity contribution < 1.29 is 5.21 Å². The molecule has 3 aromatic carbocycles. The number of hydrogen-bond donors (Lipinski definition) is 1. The van der Waals surface area contributed by atoms with E-state index < -0.39 is 0 Å². The summed E-state index contributed by atoms with van der Waals surface area (Å²) in [6.07, 6.45) is 1.70. The number of fused-ring (bicyclic) bond motifs is 3. The molecule has 0 heterocycles. The first-order chi connectivity index (χ1) is 9.66. The van der Waals surface area contributed by atoms with E-state index >= 15 is 0 Å². The van der Waals surface area contributed by atoms with Crippen LogP contribution in [0.2, 0.25) is 0 Å². The Morgan fingerprint density at radius 3 is 2.30 bits per heavy atom. The largest absolute Gasteiger partial charge is 0.734 e. The molecule has 3 heteroatoms. The van der Waals surface area contributed by atoms with Crippen LogP contribution in [0.3, 0.4) is 0 Å². The molecule has 3 aromatic rings. The van der Waals surface area contributed by atoms with Crippen LogP contribution >= 0.6 is 0 Å². The second-order valence-corrected chi connectivity index (χ2v) is 4.79. The molecule has 100 valence electrons. The van der Waals surface area contributed by atoms with Crippen molar-refractivity contribution in [2.75, 3.05) is 0 Å². The van der Waals surface area contributed by atoms with E-state index in [-0.39, 0.29) is 10.9 Å². The molecule has 0 bridgehead atoms. The van der Waals surface area contributed by atoms with E-state index in [0.717, 1.165) is 21.7 Å². The van der Waals surface area contributed by atoms with Gasteiger partial charge in [0.2, 0.25) is 0 Å². The Morgan fingerprint density at radius 2 is 1.60 bits per heavy atom. The fourth-order valence-electron chi connectivity index (χ4n) is 2.48. The number of rotatable bonds is 2. The van der Waals surface area contributed by atoms with E-state index in [0.29, 0.717) is 0 Å². The summed E-state index contributed by atoms with van der Waals surface area (Å²) in [6, 6.07) is 18.2. The minimum Gasteiger partial charge on any atom is -0.734 e. The molecule has 0 fully saturated rings. The lowest BCUT2D eigenvalue weighted by atomic mass is 9.97. The van der Waals surface area contributed by atoms with Crippen LogP contribution in [0.4, 0.5) is 0 Å². The van der Waals surface area contributed by atoms with Crippen LogP contribution in [0.1, 0.15) is 12.5 Å². The van der Waals surface area contributed by atoms with E-state index in [4.69, 9.17) is 5.21 Å². The van der Waals surface area contributed by atoms with Crippen molar-refractivity contribution in [1.82, 2.24) is 5.23 Å². The molecule has 0 aromatic heterocycles. The van der Waals surface area contributed by atoms with E-state index in [2.05, 4.69) is 12.1 Å². The van der Waals surface area contributed by atoms with Crippen LogP contribution in [0, 0.1) is 5.21 Å². The SMILES string of the molecule is CC(=Cc1cc2ccccc2c2ccccc12)N([O-])O. The van der Waals surface area contributed by atoms with E-state index in [1.54, 1.807) is 13.0 Å². The molecular weight excluding hydrogens is 250 g/mol. The van der Waals surface area contributed by atoms with Crippen molar-refractivity contribution in [3.63, 3.8) is 0 Å². The Hall–Kier alpha value is -2.36. The van der Waals surface area contributed by atoms with Gasteiger partial charge in [-0.1, -0.05) is 48.5 Å². The summed E-state index contributed by atoms with van der Waals surface area (Å²) in [5.41, 5.74) is 1.18. The molecule has 1 N–H and O–H groups in total. The van der Waals surface area contributed by atoms with E-state index in [9.17, 15) is 5.21 Å². The standard InChI is InChI=1S/C17H14NO2/c1-12(18(19)20)10-14-11-13-6-2-3-7-15(13)17-9-5-4-8-16(14)17/h2-11,19H,1H3/q-1. The van der Waals surface area contributed by atoms with Gasteiger partial charge in [0.1, 0.15) is 0 Å². The number of allylic oxidation sites excluding steroid dienone is 1. The van der Waals surface area contributed by atoms with Gasteiger partial charge in [0.25, 0.3) is 0 Å². The van der Waals surface area contributed by atoms with Crippen molar-refractivity contribution in [2.24, 2.45) is 0 Å². The minimum atomic E-state index is -0.107. The molecule has 0 aliphatic rings. The van der Waals surface area contributed by atoms with Gasteiger partial charge in [-0.2, -0.15) is 0 Å². The van der Waals surface area contributed by atoms with Crippen molar-refractivity contribution in [2.45, 2.75) is 6.92 Å². The highest BCUT2D eigenvalue weighted by molar-refractivity contribution is 6.10. The molecule has 3 rings (SSSR count). The smallest absolute Gasteiger partial charge is 0.0258 e. The second kappa shape index (κ2) is 4.96. The van der Waals surface area contributed by atoms with Crippen molar-refractivity contribution in [3.05, 3.63) is 71.1 Å². The number of hydrogen-bond acceptors (Lipinski definition) is 3. The Labute approximate surface area is 116 Å². The van der Waals surface area contributed by atoms with E-state index in [1.165, 1.54) is 5.39 Å². The summed E-state index contributed by atoms with van der Waals surface area (Å²) in [6.45, 7) is 1.58. The van der Waals surface area contributed by atoms with Crippen LogP contribution in [-0.4, -0.2) is 10.4 Å². The van der Waals surface area contributed by atoms with Gasteiger partial charge in [-0.25, -0.2) is 0 Å². The van der Waals surface area contributed by atoms with Gasteiger partial charge in [0.05, 0.1) is 0 Å². The predicted octanol–water partition coefficient (Wildman–Crippen LogP) is 4.54. The second-order valence-electron chi connectivity index (χ2n) is 4.79. The Bertz CT molecular complexity index is 806. The number of nitrogens with zero attached hydrogens (tertiary/aromatic N) is 1. The van der Waals surface area contributed by atoms with Crippen LogP contribution in [0.15, 0.2) is 60.3 Å². The van der Waals surface area contributed by atoms with Crippen molar-refractivity contribution in [3.8, 4) is 0 Å². The highest BCUT2D eigenvalue weighted by Crippen LogP contribution is 2.30. The lowest BCUT2D eigenvalue weighted by Gasteiger charge is -2.22. The van der Waals surface area contributed by atoms with Crippen molar-refractivity contribution >= 4 is 27.6 Å². The first-order valence-electron chi connectivity index (χ1n) is 6.42. The summed E-state index contributed by atoms with van der Waals surface area (Å²) in [7, 11) is 0. The zero-order valence-electron chi connectivity index (χ0n) is 11.1. The summed E-state index contributed by atoms with van der Waals surface area (Å²) < 4.78 is 0. The lowest BCUT2D eigenvalue weighted by Crippen LogP contribution is -2.06. The maximum absolute atomic E-state index is 11.0. The monoisotopic (exact) mass is 264 g/mol. The summed E-state index contributed by atoms with van der Waals surface area (Å²) >= 11 is 0. The van der Waals surface area contributed by atoms with Gasteiger partial charge in [0, 0.05) is 5.70 Å². The summed E-state index contributed by atoms with van der Waals surface area (Å²) in [4.78, 5) is 0. The lowest BCUT2D eigenvalue weighted by molar-refractivity contribution is -0.00185. The quantitative estimate of drug-likeness (QED) is 0.546. The zero-order chi connectivity index (χ0) is 14.1. The molecule has 0 amide bonds. The molecule has 0 aliphatic heterocycles. The van der Waals surface area contributed by atoms with Crippen molar-refractivity contribution in [1.29, 1.82) is 0 Å². The fourth-order valence-corrected chi connectivity index (χ4v) is 2.48. The molecule has 20 heavy (non-hydrogen) atoms. The number of benzene rings is 3. The number of hydroxylamine groups is 2. The molecule has 3 nitrogen and oxygen atoms in total. The molecule has 0 spiro atoms. The highest BCUT2D eigenvalue weighted by Gasteiger charge is 2.04. The van der Waals surface area contributed by atoms with Crippen LogP contribution < -0.4 is 0 Å². The first kappa shape index (κ1) is 12.7. The van der Waals surface area contributed by atoms with Crippen LogP contribution in [0.25, 0.3) is 27.6 Å². The third-order valence-corrected chi connectivity index (χ3v) is 3.47. The predicted molar refractivity (Wildman–Crippen MR) is 82.1 cm³/mol. The average Bonchev–Trinajstić information content (AvgIpc) is 2.47. The topological polar surface area (TPSA) is 46.5 Å². The minimum absolute atomic E-state index is 0.107. The van der Waals surface area contributed by atoms with Gasteiger partial charge < -0.3 is 10.4 Å². The summed E-state index contributed by atoms with van der Waals surface area (Å²) in [5, 5.41) is 24.3. The zero-order valence-corrected chi connectivity index (χ0v) is 11.1. The third kappa shape index (κ3) is 2.13. The maximum Gasteiger partial charge on any atom is 0.0258 e. The molecule has 0 saturated carbocycles. The Balaban J connectivity index is 2.38. The Kier molecular flexibility index (Phi) is 3.14. The third-order valence-electron chi connectivity index (χ3n) is 3.47. The molecular formula is C17H14NO2-. The molecule has 0 radical (unpaired) electrons. The normalized spacial score (nSPS) is 12.1. The van der Waals surface area contributed by atoms with Gasteiger partial charge >= 0.3 is 0 Å². The highest BCUT2D eigenvalue weighted by atomic mass is 16.8. The maximum atomic E-state index is 11.0. The molecule has 0 atom stereocenters. The molecule has 0 saturated heterocycles. The van der Waals surface area contributed by atoms with Crippen LogP contribution in [0.5, 0.6) is 0 Å². The van der Waals surface area contributed by atoms with Crippen LogP contribution in [-0.2, 0) is 0 Å². The Morgan fingerprint density at radius 1 is 1.00 bits per heavy atom. The summed E-state index contributed by atoms with van der Waals surface area (Å²) in [5.74, 6) is 0. The van der Waals surface area contributed by atoms with E-state index in [1.807, 2.05) is 42.5 Å². The van der Waals surface area contributed by atoms with Gasteiger partial charge in [-0.3, -0.25) is 5.21 Å². The van der Waals surface area contributed by atoms with Gasteiger partial charge in [-0.05, 0) is 46.2 Å². The van der Waals surface area contributed by atoms with Gasteiger partial charge in [-0.15, -0.1) is 0 Å². The van der Waals surface area contributed by atoms with Gasteiger partial charge in [0.15, 0.2) is 0 Å².